The van der Waals surface area contributed by atoms with Crippen molar-refractivity contribution in [1.82, 2.24) is 5.32 Å². The Bertz CT molecular complexity index is 134. The number of carbonyl (C=O) groups excluding carboxylic acids is 1. The lowest BCUT2D eigenvalue weighted by Gasteiger charge is -2.05. The lowest BCUT2D eigenvalue weighted by molar-refractivity contribution is -0.118. The third-order valence-electron chi connectivity index (χ3n) is 0.893. The predicted octanol–water partition coefficient (Wildman–Crippen LogP) is -0.357. The van der Waals surface area contributed by atoms with E-state index in [-0.39, 0.29) is 19.2 Å². The van der Waals surface area contributed by atoms with Gasteiger partial charge in [-0.3, -0.25) is 4.79 Å². The molecule has 0 saturated carbocycles. The summed E-state index contributed by atoms with van der Waals surface area (Å²) in [4.78, 5) is 10.5. The first-order valence-corrected chi connectivity index (χ1v) is 3.33. The minimum atomic E-state index is -0.504. The van der Waals surface area contributed by atoms with Crippen LogP contribution in [-0.2, 0) is 9.53 Å². The van der Waals surface area contributed by atoms with Gasteiger partial charge in [-0.25, -0.2) is 0 Å². The second-order valence-corrected chi connectivity index (χ2v) is 2.11. The molecular formula is C7H13NO3. The quantitative estimate of drug-likeness (QED) is 0.327. The van der Waals surface area contributed by atoms with Crippen molar-refractivity contribution in [2.75, 3.05) is 13.3 Å². The Labute approximate surface area is 65.9 Å². The fraction of sp³-hybridized carbons (Fsp3) is 0.571. The summed E-state index contributed by atoms with van der Waals surface area (Å²) in [5.41, 5.74) is 0. The van der Waals surface area contributed by atoms with Gasteiger partial charge in [-0.15, -0.1) is 0 Å². The van der Waals surface area contributed by atoms with Crippen LogP contribution in [0.2, 0.25) is 0 Å². The fourth-order valence-electron chi connectivity index (χ4n) is 0.424. The van der Waals surface area contributed by atoms with Gasteiger partial charge in [0, 0.05) is 0 Å². The molecule has 1 unspecified atom stereocenters. The summed E-state index contributed by atoms with van der Waals surface area (Å²) in [5, 5.41) is 11.1. The molecule has 4 heteroatoms. The van der Waals surface area contributed by atoms with Crippen molar-refractivity contribution in [1.29, 1.82) is 0 Å². The molecular weight excluding hydrogens is 146 g/mol. The molecule has 0 rings (SSSR count). The van der Waals surface area contributed by atoms with Crippen LogP contribution in [0.3, 0.4) is 0 Å². The first-order chi connectivity index (χ1) is 5.16. The summed E-state index contributed by atoms with van der Waals surface area (Å²) in [5.74, 6) is -0.282. The van der Waals surface area contributed by atoms with Crippen LogP contribution >= 0.6 is 0 Å². The maximum Gasteiger partial charge on any atom is 0.245 e. The van der Waals surface area contributed by atoms with Crippen molar-refractivity contribution in [3.8, 4) is 0 Å². The highest BCUT2D eigenvalue weighted by atomic mass is 16.5. The number of hydrogen-bond donors (Lipinski definition) is 2. The summed E-state index contributed by atoms with van der Waals surface area (Å²) in [7, 11) is 0. The fourth-order valence-corrected chi connectivity index (χ4v) is 0.424. The molecule has 0 bridgehead atoms. The standard InChI is InChI=1S/C7H13NO3/c1-3-7(10)8-5-11-4-6(2)9/h3,6,9H,1,4-5H2,2H3,(H,8,10). The first-order valence-electron chi connectivity index (χ1n) is 3.33. The Morgan fingerprint density at radius 2 is 2.55 bits per heavy atom. The van der Waals surface area contributed by atoms with E-state index < -0.39 is 6.10 Å². The largest absolute Gasteiger partial charge is 0.391 e. The van der Waals surface area contributed by atoms with E-state index in [4.69, 9.17) is 9.84 Å². The number of aliphatic hydroxyl groups excluding tert-OH is 1. The highest BCUT2D eigenvalue weighted by molar-refractivity contribution is 5.86. The number of hydrogen-bond acceptors (Lipinski definition) is 3. The maximum atomic E-state index is 10.5. The van der Waals surface area contributed by atoms with Crippen molar-refractivity contribution in [2.24, 2.45) is 0 Å². The van der Waals surface area contributed by atoms with Crippen molar-refractivity contribution in [2.45, 2.75) is 13.0 Å². The molecule has 1 amide bonds. The smallest absolute Gasteiger partial charge is 0.245 e. The van der Waals surface area contributed by atoms with E-state index in [0.717, 1.165) is 6.08 Å². The minimum absolute atomic E-state index is 0.107. The Hall–Kier alpha value is -0.870. The molecule has 1 atom stereocenters. The zero-order valence-electron chi connectivity index (χ0n) is 6.54. The number of amides is 1. The van der Waals surface area contributed by atoms with Gasteiger partial charge in [-0.05, 0) is 13.0 Å². The van der Waals surface area contributed by atoms with Crippen LogP contribution in [-0.4, -0.2) is 30.5 Å². The average molecular weight is 159 g/mol. The Balaban J connectivity index is 3.14. The minimum Gasteiger partial charge on any atom is -0.391 e. The molecule has 0 heterocycles. The van der Waals surface area contributed by atoms with E-state index in [2.05, 4.69) is 11.9 Å². The molecule has 0 spiro atoms. The number of aliphatic hydroxyl groups is 1. The predicted molar refractivity (Wildman–Crippen MR) is 40.8 cm³/mol. The van der Waals surface area contributed by atoms with Gasteiger partial charge in [0.05, 0.1) is 12.7 Å². The second kappa shape index (κ2) is 5.88. The van der Waals surface area contributed by atoms with Crippen molar-refractivity contribution in [3.63, 3.8) is 0 Å². The monoisotopic (exact) mass is 159 g/mol. The second-order valence-electron chi connectivity index (χ2n) is 2.11. The van der Waals surface area contributed by atoms with Gasteiger partial charge in [0.15, 0.2) is 0 Å². The summed E-state index contributed by atoms with van der Waals surface area (Å²) in [6.45, 7) is 5.19. The number of ether oxygens (including phenoxy) is 1. The lowest BCUT2D eigenvalue weighted by Crippen LogP contribution is -2.26. The molecule has 0 aliphatic rings. The molecule has 0 aromatic rings. The van der Waals surface area contributed by atoms with Crippen LogP contribution in [0.4, 0.5) is 0 Å². The molecule has 0 fully saturated rings. The van der Waals surface area contributed by atoms with E-state index >= 15 is 0 Å². The van der Waals surface area contributed by atoms with Gasteiger partial charge >= 0.3 is 0 Å². The molecule has 2 N–H and O–H groups in total. The highest BCUT2D eigenvalue weighted by Crippen LogP contribution is 1.80. The third-order valence-corrected chi connectivity index (χ3v) is 0.893. The first kappa shape index (κ1) is 10.1. The molecule has 0 aliphatic carbocycles. The van der Waals surface area contributed by atoms with Crippen molar-refractivity contribution < 1.29 is 14.6 Å². The van der Waals surface area contributed by atoms with Crippen LogP contribution in [0, 0.1) is 0 Å². The normalized spacial score (nSPS) is 12.2. The molecule has 64 valence electrons. The summed E-state index contributed by atoms with van der Waals surface area (Å²) in [6.07, 6.45) is 0.654. The molecule has 0 saturated heterocycles. The van der Waals surface area contributed by atoms with E-state index in [1.165, 1.54) is 0 Å². The van der Waals surface area contributed by atoms with Gasteiger partial charge in [0.1, 0.15) is 6.73 Å². The SMILES string of the molecule is C=CC(=O)NCOCC(C)O. The Morgan fingerprint density at radius 3 is 3.00 bits per heavy atom. The molecule has 0 aromatic heterocycles. The van der Waals surface area contributed by atoms with Gasteiger partial charge in [-0.1, -0.05) is 6.58 Å². The van der Waals surface area contributed by atoms with E-state index in [1.807, 2.05) is 0 Å². The molecule has 0 aliphatic heterocycles. The number of carbonyl (C=O) groups is 1. The maximum absolute atomic E-state index is 10.5. The van der Waals surface area contributed by atoms with Gasteiger partial charge < -0.3 is 15.2 Å². The Kier molecular flexibility index (Phi) is 5.42. The zero-order chi connectivity index (χ0) is 8.69. The van der Waals surface area contributed by atoms with Crippen molar-refractivity contribution in [3.05, 3.63) is 12.7 Å². The van der Waals surface area contributed by atoms with Crippen molar-refractivity contribution >= 4 is 5.91 Å². The average Bonchev–Trinajstić information content (AvgIpc) is 1.97. The van der Waals surface area contributed by atoms with E-state index in [9.17, 15) is 4.79 Å². The highest BCUT2D eigenvalue weighted by Gasteiger charge is 1.95. The van der Waals surface area contributed by atoms with Gasteiger partial charge in [-0.2, -0.15) is 0 Å². The van der Waals surface area contributed by atoms with Gasteiger partial charge in [0.25, 0.3) is 0 Å². The zero-order valence-corrected chi connectivity index (χ0v) is 6.54. The van der Waals surface area contributed by atoms with Crippen LogP contribution in [0.25, 0.3) is 0 Å². The third kappa shape index (κ3) is 7.02. The summed E-state index contributed by atoms with van der Waals surface area (Å²) >= 11 is 0. The lowest BCUT2D eigenvalue weighted by atomic mass is 10.4. The Morgan fingerprint density at radius 1 is 1.91 bits per heavy atom. The van der Waals surface area contributed by atoms with Crippen LogP contribution in [0.1, 0.15) is 6.92 Å². The van der Waals surface area contributed by atoms with E-state index in [0.29, 0.717) is 0 Å². The number of nitrogens with one attached hydrogen (secondary N) is 1. The van der Waals surface area contributed by atoms with Gasteiger partial charge in [0.2, 0.25) is 5.91 Å². The van der Waals surface area contributed by atoms with E-state index in [1.54, 1.807) is 6.92 Å². The van der Waals surface area contributed by atoms with Crippen LogP contribution in [0.15, 0.2) is 12.7 Å². The topological polar surface area (TPSA) is 58.6 Å². The summed E-state index contributed by atoms with van der Waals surface area (Å²) < 4.78 is 4.84. The molecule has 0 aromatic carbocycles. The molecule has 4 nitrogen and oxygen atoms in total. The van der Waals surface area contributed by atoms with Crippen LogP contribution in [0.5, 0.6) is 0 Å². The summed E-state index contributed by atoms with van der Waals surface area (Å²) in [6, 6.07) is 0. The molecule has 11 heavy (non-hydrogen) atoms. The molecule has 0 radical (unpaired) electrons. The van der Waals surface area contributed by atoms with Crippen LogP contribution < -0.4 is 5.32 Å². The number of rotatable bonds is 5.